The van der Waals surface area contributed by atoms with E-state index in [0.29, 0.717) is 23.9 Å². The molecule has 0 aliphatic rings. The molecule has 0 fully saturated rings. The fourth-order valence-corrected chi connectivity index (χ4v) is 2.00. The summed E-state index contributed by atoms with van der Waals surface area (Å²) < 4.78 is 0. The summed E-state index contributed by atoms with van der Waals surface area (Å²) in [6, 6.07) is 1.16. The van der Waals surface area contributed by atoms with Gasteiger partial charge in [-0.05, 0) is 24.7 Å². The van der Waals surface area contributed by atoms with Crippen LogP contribution in [0.1, 0.15) is 67.2 Å². The fraction of sp³-hybridized carbons (Fsp3) is 1.00. The molecule has 0 amide bonds. The molecule has 0 heterocycles. The first-order valence-electron chi connectivity index (χ1n) is 6.72. The van der Waals surface area contributed by atoms with E-state index in [1.165, 1.54) is 25.7 Å². The Kier molecular flexibility index (Phi) is 8.13. The van der Waals surface area contributed by atoms with Crippen molar-refractivity contribution in [3.05, 3.63) is 0 Å². The van der Waals surface area contributed by atoms with Crippen LogP contribution in [0.2, 0.25) is 0 Å². The molecule has 0 aliphatic heterocycles. The summed E-state index contributed by atoms with van der Waals surface area (Å²) in [6.45, 7) is 13.7. The molecule has 15 heavy (non-hydrogen) atoms. The van der Waals surface area contributed by atoms with E-state index in [9.17, 15) is 0 Å². The number of hydrogen-bond acceptors (Lipinski definition) is 0. The van der Waals surface area contributed by atoms with Crippen LogP contribution < -0.4 is 5.32 Å². The van der Waals surface area contributed by atoms with E-state index in [1.54, 1.807) is 0 Å². The highest BCUT2D eigenvalue weighted by Crippen LogP contribution is 2.17. The Morgan fingerprint density at radius 1 is 0.733 bits per heavy atom. The Morgan fingerprint density at radius 2 is 1.07 bits per heavy atom. The highest BCUT2D eigenvalue weighted by molar-refractivity contribution is 4.77. The molecule has 91 valence electrons. The molecule has 0 aromatic rings. The first-order valence-corrected chi connectivity index (χ1v) is 6.72. The zero-order valence-corrected chi connectivity index (χ0v) is 11.6. The minimum atomic E-state index is 0.578. The Bertz CT molecular complexity index is 124. The van der Waals surface area contributed by atoms with Crippen LogP contribution in [0.25, 0.3) is 0 Å². The molecule has 0 spiro atoms. The average Bonchev–Trinajstić information content (AvgIpc) is 2.15. The van der Waals surface area contributed by atoms with Crippen LogP contribution in [-0.2, 0) is 0 Å². The second kappa shape index (κ2) is 8.15. The van der Waals surface area contributed by atoms with Crippen molar-refractivity contribution in [3.63, 3.8) is 0 Å². The third-order valence-electron chi connectivity index (χ3n) is 3.09. The zero-order chi connectivity index (χ0) is 11.8. The van der Waals surface area contributed by atoms with E-state index in [2.05, 4.69) is 41.5 Å². The van der Waals surface area contributed by atoms with E-state index in [-0.39, 0.29) is 0 Å². The summed E-state index contributed by atoms with van der Waals surface area (Å²) >= 11 is 0. The van der Waals surface area contributed by atoms with Crippen LogP contribution in [0.15, 0.2) is 0 Å². The molecule has 0 aromatic heterocycles. The van der Waals surface area contributed by atoms with E-state index in [1.807, 2.05) is 0 Å². The Morgan fingerprint density at radius 3 is 1.27 bits per heavy atom. The molecular weight excluding hydrogens is 182 g/mol. The summed E-state index contributed by atoms with van der Waals surface area (Å²) in [4.78, 5) is 0. The highest BCUT2D eigenvalue weighted by atomic mass is 15.0. The van der Waals surface area contributed by atoms with Crippen LogP contribution >= 0.6 is 0 Å². The highest BCUT2D eigenvalue weighted by Gasteiger charge is 2.20. The fourth-order valence-electron chi connectivity index (χ4n) is 2.00. The minimum absolute atomic E-state index is 0.578. The molecule has 2 atom stereocenters. The Labute approximate surface area is 97.0 Å². The molecule has 0 aromatic carbocycles. The van der Waals surface area contributed by atoms with Crippen LogP contribution in [-0.4, -0.2) is 12.1 Å². The first-order chi connectivity index (χ1) is 7.02. The van der Waals surface area contributed by atoms with Crippen LogP contribution in [0.3, 0.4) is 0 Å². The van der Waals surface area contributed by atoms with Crippen molar-refractivity contribution in [1.29, 1.82) is 0 Å². The molecule has 1 nitrogen and oxygen atoms in total. The van der Waals surface area contributed by atoms with Gasteiger partial charge in [-0.25, -0.2) is 5.32 Å². The summed E-state index contributed by atoms with van der Waals surface area (Å²) in [5.41, 5.74) is 0. The van der Waals surface area contributed by atoms with Gasteiger partial charge in [0.05, 0.1) is 0 Å². The van der Waals surface area contributed by atoms with Gasteiger partial charge >= 0.3 is 0 Å². The average molecular weight is 212 g/mol. The quantitative estimate of drug-likeness (QED) is 0.571. The van der Waals surface area contributed by atoms with E-state index in [0.717, 1.165) is 0 Å². The monoisotopic (exact) mass is 212 g/mol. The SMILES string of the molecule is CCCC([N]C(CCC)C(C)C)C(C)C. The maximum atomic E-state index is 5.05. The van der Waals surface area contributed by atoms with Crippen molar-refractivity contribution >= 4 is 0 Å². The van der Waals surface area contributed by atoms with E-state index >= 15 is 0 Å². The molecule has 1 heteroatoms. The van der Waals surface area contributed by atoms with Gasteiger partial charge in [0.1, 0.15) is 0 Å². The summed E-state index contributed by atoms with van der Waals surface area (Å²) in [5, 5.41) is 5.05. The second-order valence-electron chi connectivity index (χ2n) is 5.35. The molecule has 0 N–H and O–H groups in total. The Balaban J connectivity index is 4.19. The molecule has 1 radical (unpaired) electrons. The Hall–Kier alpha value is -0.0400. The summed E-state index contributed by atoms with van der Waals surface area (Å²) in [5.74, 6) is 1.39. The summed E-state index contributed by atoms with van der Waals surface area (Å²) in [7, 11) is 0. The van der Waals surface area contributed by atoms with E-state index in [4.69, 9.17) is 5.32 Å². The molecule has 0 saturated carbocycles. The maximum Gasteiger partial charge on any atom is 0.0272 e. The third-order valence-corrected chi connectivity index (χ3v) is 3.09. The first kappa shape index (κ1) is 15.0. The number of nitrogens with zero attached hydrogens (tertiary/aromatic N) is 1. The van der Waals surface area contributed by atoms with Crippen molar-refractivity contribution in [2.24, 2.45) is 11.8 Å². The van der Waals surface area contributed by atoms with Gasteiger partial charge < -0.3 is 0 Å². The standard InChI is InChI=1S/C14H30N/c1-7-9-13(11(3)4)15-14(10-8-2)12(5)6/h11-14H,7-10H2,1-6H3. The molecular formula is C14H30N. The lowest BCUT2D eigenvalue weighted by Crippen LogP contribution is -2.38. The lowest BCUT2D eigenvalue weighted by Gasteiger charge is -2.28. The van der Waals surface area contributed by atoms with Gasteiger partial charge in [-0.2, -0.15) is 0 Å². The van der Waals surface area contributed by atoms with Crippen molar-refractivity contribution in [1.82, 2.24) is 5.32 Å². The van der Waals surface area contributed by atoms with Crippen LogP contribution in [0.5, 0.6) is 0 Å². The molecule has 2 unspecified atom stereocenters. The molecule has 0 saturated heterocycles. The predicted molar refractivity (Wildman–Crippen MR) is 69.2 cm³/mol. The third kappa shape index (κ3) is 6.19. The van der Waals surface area contributed by atoms with Crippen molar-refractivity contribution in [3.8, 4) is 0 Å². The number of hydrogen-bond donors (Lipinski definition) is 0. The van der Waals surface area contributed by atoms with Gasteiger partial charge in [0.2, 0.25) is 0 Å². The van der Waals surface area contributed by atoms with Gasteiger partial charge in [-0.1, -0.05) is 54.4 Å². The zero-order valence-electron chi connectivity index (χ0n) is 11.6. The van der Waals surface area contributed by atoms with Gasteiger partial charge in [0, 0.05) is 12.1 Å². The molecule has 0 bridgehead atoms. The largest absolute Gasteiger partial charge is 0.235 e. The normalized spacial score (nSPS) is 16.0. The topological polar surface area (TPSA) is 14.1 Å². The number of rotatable bonds is 8. The summed E-state index contributed by atoms with van der Waals surface area (Å²) in [6.07, 6.45) is 5.02. The lowest BCUT2D eigenvalue weighted by molar-refractivity contribution is 0.272. The van der Waals surface area contributed by atoms with Gasteiger partial charge in [-0.3, -0.25) is 0 Å². The maximum absolute atomic E-state index is 5.05. The second-order valence-corrected chi connectivity index (χ2v) is 5.35. The van der Waals surface area contributed by atoms with Crippen LogP contribution in [0.4, 0.5) is 0 Å². The van der Waals surface area contributed by atoms with Gasteiger partial charge in [0.15, 0.2) is 0 Å². The lowest BCUT2D eigenvalue weighted by atomic mass is 9.93. The molecule has 0 aliphatic carbocycles. The van der Waals surface area contributed by atoms with Gasteiger partial charge in [-0.15, -0.1) is 0 Å². The van der Waals surface area contributed by atoms with Crippen molar-refractivity contribution in [2.75, 3.05) is 0 Å². The van der Waals surface area contributed by atoms with Crippen molar-refractivity contribution in [2.45, 2.75) is 79.3 Å². The minimum Gasteiger partial charge on any atom is -0.235 e. The van der Waals surface area contributed by atoms with E-state index < -0.39 is 0 Å². The smallest absolute Gasteiger partial charge is 0.0272 e. The molecule has 0 rings (SSSR count). The van der Waals surface area contributed by atoms with Crippen LogP contribution in [0, 0.1) is 11.8 Å². The van der Waals surface area contributed by atoms with Crippen molar-refractivity contribution < 1.29 is 0 Å². The predicted octanol–water partition coefficient (Wildman–Crippen LogP) is 4.24. The van der Waals surface area contributed by atoms with Gasteiger partial charge in [0.25, 0.3) is 0 Å².